The van der Waals surface area contributed by atoms with E-state index in [0.29, 0.717) is 21.5 Å². The molecule has 5 heteroatoms. The molecule has 1 aromatic rings. The summed E-state index contributed by atoms with van der Waals surface area (Å²) in [5.74, 6) is 0.0402. The molecule has 0 aliphatic heterocycles. The Hall–Kier alpha value is -0.290. The van der Waals surface area contributed by atoms with Gasteiger partial charge in [-0.25, -0.2) is 0 Å². The van der Waals surface area contributed by atoms with Gasteiger partial charge >= 0.3 is 0 Å². The second-order valence-corrected chi connectivity index (χ2v) is 4.17. The van der Waals surface area contributed by atoms with Gasteiger partial charge in [-0.05, 0) is 34.5 Å². The van der Waals surface area contributed by atoms with Crippen molar-refractivity contribution in [3.8, 4) is 5.75 Å². The molecule has 14 heavy (non-hydrogen) atoms. The molecular formula is C9H11BrClNO2. The maximum atomic E-state index is 9.68. The summed E-state index contributed by atoms with van der Waals surface area (Å²) < 4.78 is 0.547. The molecule has 0 aliphatic carbocycles. The summed E-state index contributed by atoms with van der Waals surface area (Å²) in [7, 11) is 0. The van der Waals surface area contributed by atoms with Crippen LogP contribution in [-0.4, -0.2) is 16.8 Å². The molecular weight excluding hydrogens is 269 g/mol. The lowest BCUT2D eigenvalue weighted by Gasteiger charge is -2.14. The van der Waals surface area contributed by atoms with Crippen molar-refractivity contribution in [1.29, 1.82) is 0 Å². The van der Waals surface area contributed by atoms with Crippen molar-refractivity contribution >= 4 is 27.5 Å². The molecule has 0 fully saturated rings. The summed E-state index contributed by atoms with van der Waals surface area (Å²) >= 11 is 9.06. The van der Waals surface area contributed by atoms with Crippen LogP contribution in [-0.2, 0) is 0 Å². The first-order valence-corrected chi connectivity index (χ1v) is 5.28. The van der Waals surface area contributed by atoms with E-state index < -0.39 is 6.04 Å². The number of rotatable bonds is 3. The molecule has 1 atom stereocenters. The molecule has 1 aromatic carbocycles. The van der Waals surface area contributed by atoms with Crippen LogP contribution < -0.4 is 5.73 Å². The summed E-state index contributed by atoms with van der Waals surface area (Å²) in [6.45, 7) is -0.0382. The van der Waals surface area contributed by atoms with E-state index in [1.54, 1.807) is 12.1 Å². The Morgan fingerprint density at radius 3 is 2.71 bits per heavy atom. The van der Waals surface area contributed by atoms with Crippen LogP contribution in [0.5, 0.6) is 5.75 Å². The zero-order valence-electron chi connectivity index (χ0n) is 7.37. The number of phenols is 1. The van der Waals surface area contributed by atoms with Crippen molar-refractivity contribution in [1.82, 2.24) is 0 Å². The highest BCUT2D eigenvalue weighted by molar-refractivity contribution is 9.10. The fraction of sp³-hybridized carbons (Fsp3) is 0.333. The second-order valence-electron chi connectivity index (χ2n) is 2.91. The fourth-order valence-corrected chi connectivity index (χ4v) is 1.83. The third kappa shape index (κ3) is 2.39. The Morgan fingerprint density at radius 2 is 2.14 bits per heavy atom. The molecule has 0 spiro atoms. The van der Waals surface area contributed by atoms with Crippen LogP contribution in [0.2, 0.25) is 5.02 Å². The van der Waals surface area contributed by atoms with Gasteiger partial charge in [0.1, 0.15) is 5.75 Å². The molecule has 0 saturated heterocycles. The lowest BCUT2D eigenvalue weighted by atomic mass is 10.0. The predicted octanol–water partition coefficient (Wildman–Crippen LogP) is 2.19. The smallest absolute Gasteiger partial charge is 0.136 e. The zero-order chi connectivity index (χ0) is 10.7. The Kier molecular flexibility index (Phi) is 4.19. The number of aliphatic hydroxyl groups is 1. The van der Waals surface area contributed by atoms with Gasteiger partial charge in [-0.3, -0.25) is 0 Å². The normalized spacial score (nSPS) is 12.9. The van der Waals surface area contributed by atoms with E-state index in [2.05, 4.69) is 15.9 Å². The Bertz CT molecular complexity index is 333. The Labute approximate surface area is 95.6 Å². The van der Waals surface area contributed by atoms with Gasteiger partial charge in [-0.15, -0.1) is 0 Å². The van der Waals surface area contributed by atoms with E-state index in [0.717, 1.165) is 0 Å². The molecule has 78 valence electrons. The summed E-state index contributed by atoms with van der Waals surface area (Å²) in [6, 6.07) is 2.84. The minimum Gasteiger partial charge on any atom is -0.506 e. The highest BCUT2D eigenvalue weighted by Gasteiger charge is 2.16. The lowest BCUT2D eigenvalue weighted by Crippen LogP contribution is -2.12. The van der Waals surface area contributed by atoms with E-state index in [4.69, 9.17) is 22.4 Å². The Morgan fingerprint density at radius 1 is 1.50 bits per heavy atom. The average molecular weight is 281 g/mol. The predicted molar refractivity (Wildman–Crippen MR) is 59.4 cm³/mol. The van der Waals surface area contributed by atoms with Gasteiger partial charge in [-0.2, -0.15) is 0 Å². The SMILES string of the molecule is NC(CCO)c1c(Cl)ccc(Br)c1O. The van der Waals surface area contributed by atoms with E-state index >= 15 is 0 Å². The maximum Gasteiger partial charge on any atom is 0.136 e. The number of phenolic OH excluding ortho intramolecular Hbond substituents is 1. The molecule has 0 radical (unpaired) electrons. The molecule has 4 N–H and O–H groups in total. The fourth-order valence-electron chi connectivity index (χ4n) is 1.19. The number of benzene rings is 1. The second kappa shape index (κ2) is 4.98. The molecule has 1 unspecified atom stereocenters. The van der Waals surface area contributed by atoms with Gasteiger partial charge in [0.15, 0.2) is 0 Å². The third-order valence-corrected chi connectivity index (χ3v) is 2.90. The first kappa shape index (κ1) is 11.8. The first-order valence-electron chi connectivity index (χ1n) is 4.11. The molecule has 0 amide bonds. The summed E-state index contributed by atoms with van der Waals surface area (Å²) in [5.41, 5.74) is 6.22. The number of hydrogen-bond donors (Lipinski definition) is 3. The van der Waals surface area contributed by atoms with Crippen LogP contribution in [0.15, 0.2) is 16.6 Å². The van der Waals surface area contributed by atoms with Crippen molar-refractivity contribution in [3.63, 3.8) is 0 Å². The van der Waals surface area contributed by atoms with E-state index in [9.17, 15) is 5.11 Å². The molecule has 0 heterocycles. The lowest BCUT2D eigenvalue weighted by molar-refractivity contribution is 0.275. The number of hydrogen-bond acceptors (Lipinski definition) is 3. The van der Waals surface area contributed by atoms with Crippen molar-refractivity contribution in [3.05, 3.63) is 27.2 Å². The quantitative estimate of drug-likeness (QED) is 0.795. The molecule has 0 bridgehead atoms. The summed E-state index contributed by atoms with van der Waals surface area (Å²) in [6.07, 6.45) is 0.365. The number of aliphatic hydroxyl groups excluding tert-OH is 1. The highest BCUT2D eigenvalue weighted by Crippen LogP contribution is 2.37. The number of aromatic hydroxyl groups is 1. The van der Waals surface area contributed by atoms with Gasteiger partial charge in [0.25, 0.3) is 0 Å². The van der Waals surface area contributed by atoms with E-state index in [1.165, 1.54) is 0 Å². The maximum absolute atomic E-state index is 9.68. The van der Waals surface area contributed by atoms with Crippen LogP contribution in [0, 0.1) is 0 Å². The van der Waals surface area contributed by atoms with Gasteiger partial charge < -0.3 is 15.9 Å². The number of nitrogens with two attached hydrogens (primary N) is 1. The van der Waals surface area contributed by atoms with Crippen LogP contribution in [0.25, 0.3) is 0 Å². The van der Waals surface area contributed by atoms with E-state index in [1.807, 2.05) is 0 Å². The monoisotopic (exact) mass is 279 g/mol. The molecule has 0 aliphatic rings. The first-order chi connectivity index (χ1) is 6.57. The van der Waals surface area contributed by atoms with Crippen LogP contribution in [0.1, 0.15) is 18.0 Å². The van der Waals surface area contributed by atoms with Crippen LogP contribution >= 0.6 is 27.5 Å². The van der Waals surface area contributed by atoms with Gasteiger partial charge in [0, 0.05) is 23.2 Å². The average Bonchev–Trinajstić information content (AvgIpc) is 2.13. The molecule has 0 saturated carbocycles. The van der Waals surface area contributed by atoms with Crippen LogP contribution in [0.4, 0.5) is 0 Å². The summed E-state index contributed by atoms with van der Waals surface area (Å²) in [5, 5.41) is 18.8. The van der Waals surface area contributed by atoms with Gasteiger partial charge in [-0.1, -0.05) is 11.6 Å². The standard InChI is InChI=1S/C9H11BrClNO2/c10-5-1-2-6(11)8(9(5)14)7(12)3-4-13/h1-2,7,13-14H,3-4,12H2. The number of halogens is 2. The van der Waals surface area contributed by atoms with Crippen LogP contribution in [0.3, 0.4) is 0 Å². The minimum absolute atomic E-state index is 0.0382. The molecule has 1 rings (SSSR count). The van der Waals surface area contributed by atoms with Gasteiger partial charge in [0.2, 0.25) is 0 Å². The largest absolute Gasteiger partial charge is 0.506 e. The third-order valence-electron chi connectivity index (χ3n) is 1.93. The van der Waals surface area contributed by atoms with Crippen molar-refractivity contribution in [2.45, 2.75) is 12.5 Å². The highest BCUT2D eigenvalue weighted by atomic mass is 79.9. The Balaban J connectivity index is 3.11. The minimum atomic E-state index is -0.454. The van der Waals surface area contributed by atoms with Crippen molar-refractivity contribution in [2.75, 3.05) is 6.61 Å². The molecule has 0 aromatic heterocycles. The van der Waals surface area contributed by atoms with Crippen molar-refractivity contribution < 1.29 is 10.2 Å². The molecule has 3 nitrogen and oxygen atoms in total. The van der Waals surface area contributed by atoms with E-state index in [-0.39, 0.29) is 12.4 Å². The summed E-state index contributed by atoms with van der Waals surface area (Å²) in [4.78, 5) is 0. The topological polar surface area (TPSA) is 66.5 Å². The zero-order valence-corrected chi connectivity index (χ0v) is 9.72. The van der Waals surface area contributed by atoms with Crippen molar-refractivity contribution in [2.24, 2.45) is 5.73 Å². The van der Waals surface area contributed by atoms with Gasteiger partial charge in [0.05, 0.1) is 4.47 Å².